The Morgan fingerprint density at radius 1 is 1.10 bits per heavy atom. The summed E-state index contributed by atoms with van der Waals surface area (Å²) >= 11 is 0. The molecule has 1 aliphatic rings. The number of aliphatic hydroxyl groups is 1. The molecule has 112 valence electrons. The molecule has 1 N–H and O–H groups in total. The van der Waals surface area contributed by atoms with Crippen LogP contribution in [0, 0.1) is 5.92 Å². The first-order valence-corrected chi connectivity index (χ1v) is 8.14. The van der Waals surface area contributed by atoms with Gasteiger partial charge in [0, 0.05) is 6.42 Å². The van der Waals surface area contributed by atoms with Crippen molar-refractivity contribution in [1.82, 2.24) is 0 Å². The molecule has 1 nitrogen and oxygen atoms in total. The van der Waals surface area contributed by atoms with Gasteiger partial charge in [-0.05, 0) is 48.1 Å². The van der Waals surface area contributed by atoms with Crippen LogP contribution in [-0.4, -0.2) is 10.7 Å². The summed E-state index contributed by atoms with van der Waals surface area (Å²) in [6, 6.07) is 8.83. The van der Waals surface area contributed by atoms with Crippen molar-refractivity contribution in [1.29, 1.82) is 0 Å². The van der Waals surface area contributed by atoms with Gasteiger partial charge in [-0.2, -0.15) is 0 Å². The Bertz CT molecular complexity index is 416. The Balaban J connectivity index is 2.00. The molecule has 1 fully saturated rings. The Labute approximate surface area is 124 Å². The molecule has 0 heterocycles. The van der Waals surface area contributed by atoms with E-state index in [0.29, 0.717) is 0 Å². The van der Waals surface area contributed by atoms with Gasteiger partial charge in [-0.15, -0.1) is 0 Å². The third-order valence-corrected chi connectivity index (χ3v) is 4.97. The normalized spacial score (nSPS) is 27.6. The van der Waals surface area contributed by atoms with E-state index in [1.165, 1.54) is 30.4 Å². The van der Waals surface area contributed by atoms with Gasteiger partial charge in [0.15, 0.2) is 0 Å². The highest BCUT2D eigenvalue weighted by molar-refractivity contribution is 5.28. The van der Waals surface area contributed by atoms with Crippen molar-refractivity contribution in [3.05, 3.63) is 35.4 Å². The molecule has 0 bridgehead atoms. The van der Waals surface area contributed by atoms with Gasteiger partial charge in [0.2, 0.25) is 0 Å². The van der Waals surface area contributed by atoms with E-state index in [0.717, 1.165) is 25.2 Å². The minimum absolute atomic E-state index is 0.203. The highest BCUT2D eigenvalue weighted by Crippen LogP contribution is 2.36. The van der Waals surface area contributed by atoms with E-state index in [2.05, 4.69) is 52.0 Å². The van der Waals surface area contributed by atoms with Crippen LogP contribution in [-0.2, 0) is 11.8 Å². The number of rotatable bonds is 3. The largest absolute Gasteiger partial charge is 0.390 e. The number of hydrogen-bond acceptors (Lipinski definition) is 1. The standard InChI is InChI=1S/C19H30O/c1-5-15-10-12-19(20,13-11-15)14-16-6-8-17(9-7-16)18(2,3)4/h6-9,15,20H,5,10-14H2,1-4H3. The Hall–Kier alpha value is -0.820. The predicted molar refractivity (Wildman–Crippen MR) is 86.0 cm³/mol. The monoisotopic (exact) mass is 274 g/mol. The zero-order chi connectivity index (χ0) is 14.8. The summed E-state index contributed by atoms with van der Waals surface area (Å²) in [5.41, 5.74) is 2.38. The second kappa shape index (κ2) is 5.89. The van der Waals surface area contributed by atoms with Gasteiger partial charge in [0.25, 0.3) is 0 Å². The van der Waals surface area contributed by atoms with E-state index in [9.17, 15) is 5.11 Å². The van der Waals surface area contributed by atoms with Crippen LogP contribution in [0.3, 0.4) is 0 Å². The molecule has 0 aromatic heterocycles. The van der Waals surface area contributed by atoms with Crippen LogP contribution in [0.4, 0.5) is 0 Å². The lowest BCUT2D eigenvalue weighted by Crippen LogP contribution is -2.36. The third-order valence-electron chi connectivity index (χ3n) is 4.97. The summed E-state index contributed by atoms with van der Waals surface area (Å²) in [4.78, 5) is 0. The first-order valence-electron chi connectivity index (χ1n) is 8.14. The first kappa shape index (κ1) is 15.6. The molecule has 1 heteroatoms. The molecule has 0 radical (unpaired) electrons. The van der Waals surface area contributed by atoms with Crippen LogP contribution in [0.15, 0.2) is 24.3 Å². The van der Waals surface area contributed by atoms with Gasteiger partial charge < -0.3 is 5.11 Å². The fraction of sp³-hybridized carbons (Fsp3) is 0.684. The van der Waals surface area contributed by atoms with Gasteiger partial charge >= 0.3 is 0 Å². The first-order chi connectivity index (χ1) is 9.32. The van der Waals surface area contributed by atoms with Crippen LogP contribution in [0.25, 0.3) is 0 Å². The molecule has 0 spiro atoms. The van der Waals surface area contributed by atoms with Crippen LogP contribution in [0.5, 0.6) is 0 Å². The van der Waals surface area contributed by atoms with Crippen molar-refractivity contribution < 1.29 is 5.11 Å². The third kappa shape index (κ3) is 3.85. The summed E-state index contributed by atoms with van der Waals surface area (Å²) in [6.07, 6.45) is 6.38. The zero-order valence-electron chi connectivity index (χ0n) is 13.6. The van der Waals surface area contributed by atoms with Crippen molar-refractivity contribution >= 4 is 0 Å². The van der Waals surface area contributed by atoms with E-state index in [-0.39, 0.29) is 5.41 Å². The van der Waals surface area contributed by atoms with Crippen LogP contribution < -0.4 is 0 Å². The summed E-state index contributed by atoms with van der Waals surface area (Å²) in [7, 11) is 0. The highest BCUT2D eigenvalue weighted by Gasteiger charge is 2.32. The molecule has 0 amide bonds. The van der Waals surface area contributed by atoms with Crippen molar-refractivity contribution in [3.8, 4) is 0 Å². The van der Waals surface area contributed by atoms with Gasteiger partial charge in [0.05, 0.1) is 5.60 Å². The lowest BCUT2D eigenvalue weighted by molar-refractivity contribution is -0.00922. The molecule has 1 aromatic carbocycles. The average Bonchev–Trinajstić information content (AvgIpc) is 2.39. The molecule has 1 aliphatic carbocycles. The van der Waals surface area contributed by atoms with Crippen LogP contribution >= 0.6 is 0 Å². The highest BCUT2D eigenvalue weighted by atomic mass is 16.3. The quantitative estimate of drug-likeness (QED) is 0.834. The molecule has 2 rings (SSSR count). The predicted octanol–water partition coefficient (Wildman–Crippen LogP) is 4.86. The van der Waals surface area contributed by atoms with Crippen molar-refractivity contribution in [2.45, 2.75) is 77.2 Å². The van der Waals surface area contributed by atoms with E-state index in [1.54, 1.807) is 0 Å². The topological polar surface area (TPSA) is 20.2 Å². The Morgan fingerprint density at radius 2 is 1.65 bits per heavy atom. The lowest BCUT2D eigenvalue weighted by Gasteiger charge is -2.36. The van der Waals surface area contributed by atoms with Gasteiger partial charge in [-0.1, -0.05) is 58.4 Å². The minimum atomic E-state index is -0.463. The summed E-state index contributed by atoms with van der Waals surface area (Å²) in [6.45, 7) is 8.98. The Kier molecular flexibility index (Phi) is 4.59. The maximum Gasteiger partial charge on any atom is 0.0688 e. The van der Waals surface area contributed by atoms with Crippen molar-refractivity contribution in [2.24, 2.45) is 5.92 Å². The van der Waals surface area contributed by atoms with Crippen LogP contribution in [0.2, 0.25) is 0 Å². The van der Waals surface area contributed by atoms with Gasteiger partial charge in [-0.3, -0.25) is 0 Å². The molecular weight excluding hydrogens is 244 g/mol. The molecule has 0 unspecified atom stereocenters. The lowest BCUT2D eigenvalue weighted by atomic mass is 9.75. The fourth-order valence-corrected chi connectivity index (χ4v) is 3.30. The average molecular weight is 274 g/mol. The molecular formula is C19H30O. The van der Waals surface area contributed by atoms with E-state index >= 15 is 0 Å². The smallest absolute Gasteiger partial charge is 0.0688 e. The van der Waals surface area contributed by atoms with Gasteiger partial charge in [-0.25, -0.2) is 0 Å². The minimum Gasteiger partial charge on any atom is -0.390 e. The summed E-state index contributed by atoms with van der Waals surface area (Å²) in [5, 5.41) is 10.8. The molecule has 1 aromatic rings. The molecule has 0 atom stereocenters. The maximum absolute atomic E-state index is 10.8. The van der Waals surface area contributed by atoms with E-state index < -0.39 is 5.60 Å². The molecule has 1 saturated carbocycles. The van der Waals surface area contributed by atoms with Crippen LogP contribution in [0.1, 0.15) is 70.9 Å². The van der Waals surface area contributed by atoms with Crippen molar-refractivity contribution in [3.63, 3.8) is 0 Å². The number of benzene rings is 1. The second-order valence-corrected chi connectivity index (χ2v) is 7.70. The second-order valence-electron chi connectivity index (χ2n) is 7.70. The van der Waals surface area contributed by atoms with E-state index in [1.807, 2.05) is 0 Å². The van der Waals surface area contributed by atoms with E-state index in [4.69, 9.17) is 0 Å². The summed E-state index contributed by atoms with van der Waals surface area (Å²) in [5.74, 6) is 0.832. The Morgan fingerprint density at radius 3 is 2.10 bits per heavy atom. The zero-order valence-corrected chi connectivity index (χ0v) is 13.6. The molecule has 0 aliphatic heterocycles. The SMILES string of the molecule is CCC1CCC(O)(Cc2ccc(C(C)(C)C)cc2)CC1. The van der Waals surface area contributed by atoms with Crippen molar-refractivity contribution in [2.75, 3.05) is 0 Å². The molecule has 20 heavy (non-hydrogen) atoms. The van der Waals surface area contributed by atoms with Gasteiger partial charge in [0.1, 0.15) is 0 Å². The fourth-order valence-electron chi connectivity index (χ4n) is 3.30. The number of hydrogen-bond donors (Lipinski definition) is 1. The molecule has 0 saturated heterocycles. The summed E-state index contributed by atoms with van der Waals surface area (Å²) < 4.78 is 0. The maximum atomic E-state index is 10.8.